The summed E-state index contributed by atoms with van der Waals surface area (Å²) in [6.07, 6.45) is 3.45. The van der Waals surface area contributed by atoms with E-state index in [9.17, 15) is 9.59 Å². The first kappa shape index (κ1) is 24.7. The second kappa shape index (κ2) is 10.6. The van der Waals surface area contributed by atoms with E-state index in [1.165, 1.54) is 10.7 Å². The lowest BCUT2D eigenvalue weighted by atomic mass is 10.1. The molecule has 0 saturated carbocycles. The largest absolute Gasteiger partial charge is 0.384 e. The van der Waals surface area contributed by atoms with E-state index in [-0.39, 0.29) is 22.8 Å². The highest BCUT2D eigenvalue weighted by atomic mass is 35.5. The molecule has 0 spiro atoms. The van der Waals surface area contributed by atoms with Crippen molar-refractivity contribution in [1.82, 2.24) is 29.6 Å². The zero-order chi connectivity index (χ0) is 26.6. The molecule has 0 atom stereocenters. The van der Waals surface area contributed by atoms with Gasteiger partial charge in [-0.2, -0.15) is 5.10 Å². The van der Waals surface area contributed by atoms with Crippen LogP contribution in [0.2, 0.25) is 5.02 Å². The first-order chi connectivity index (χ1) is 18.4. The van der Waals surface area contributed by atoms with Gasteiger partial charge in [0.1, 0.15) is 17.5 Å². The van der Waals surface area contributed by atoms with Crippen molar-refractivity contribution in [1.29, 1.82) is 0 Å². The van der Waals surface area contributed by atoms with E-state index in [4.69, 9.17) is 17.3 Å². The fourth-order valence-corrected chi connectivity index (χ4v) is 4.02. The molecule has 0 aliphatic heterocycles. The number of carbonyl (C=O) groups excluding carboxylic acids is 2. The zero-order valence-electron chi connectivity index (χ0n) is 20.3. The minimum atomic E-state index is -0.474. The van der Waals surface area contributed by atoms with Gasteiger partial charge in [-0.1, -0.05) is 41.9 Å². The first-order valence-corrected chi connectivity index (χ1v) is 12.0. The van der Waals surface area contributed by atoms with Crippen molar-refractivity contribution in [2.45, 2.75) is 6.54 Å². The Morgan fingerprint density at radius 2 is 1.82 bits per heavy atom. The summed E-state index contributed by atoms with van der Waals surface area (Å²) in [5.41, 5.74) is 8.12. The quantitative estimate of drug-likeness (QED) is 0.292. The average molecular weight is 527 g/mol. The molecule has 5 aromatic rings. The van der Waals surface area contributed by atoms with E-state index < -0.39 is 11.8 Å². The Kier molecular flexibility index (Phi) is 6.88. The van der Waals surface area contributed by atoms with Gasteiger partial charge in [-0.25, -0.2) is 14.6 Å². The van der Waals surface area contributed by atoms with Gasteiger partial charge in [-0.3, -0.25) is 9.59 Å². The average Bonchev–Trinajstić information content (AvgIpc) is 3.54. The van der Waals surface area contributed by atoms with Crippen LogP contribution in [0, 0.1) is 0 Å². The smallest absolute Gasteiger partial charge is 0.272 e. The maximum absolute atomic E-state index is 13.4. The van der Waals surface area contributed by atoms with Gasteiger partial charge in [0, 0.05) is 31.1 Å². The number of aryl methyl sites for hydroxylation is 1. The molecule has 0 aliphatic rings. The van der Waals surface area contributed by atoms with E-state index >= 15 is 0 Å². The summed E-state index contributed by atoms with van der Waals surface area (Å²) in [5, 5.41) is 10.4. The Morgan fingerprint density at radius 3 is 2.55 bits per heavy atom. The molecule has 3 aromatic heterocycles. The molecule has 0 saturated heterocycles. The number of amides is 2. The van der Waals surface area contributed by atoms with E-state index in [1.54, 1.807) is 48.8 Å². The highest BCUT2D eigenvalue weighted by Gasteiger charge is 2.20. The fraction of sp³-hybridized carbons (Fsp3) is 0.0741. The third kappa shape index (κ3) is 5.25. The molecule has 38 heavy (non-hydrogen) atoms. The van der Waals surface area contributed by atoms with Crippen molar-refractivity contribution < 1.29 is 9.59 Å². The highest BCUT2D eigenvalue weighted by molar-refractivity contribution is 6.34. The number of hydrogen-bond acceptors (Lipinski definition) is 6. The predicted octanol–water partition coefficient (Wildman–Crippen LogP) is 4.09. The van der Waals surface area contributed by atoms with Gasteiger partial charge in [-0.05, 0) is 36.4 Å². The molecule has 0 unspecified atom stereocenters. The second-order valence-electron chi connectivity index (χ2n) is 8.40. The Labute approximate surface area is 223 Å². The summed E-state index contributed by atoms with van der Waals surface area (Å²) in [6, 6.07) is 21.0. The molecule has 10 nitrogen and oxygen atoms in total. The van der Waals surface area contributed by atoms with Gasteiger partial charge in [0.05, 0.1) is 28.5 Å². The van der Waals surface area contributed by atoms with Crippen LogP contribution >= 0.6 is 11.6 Å². The number of nitrogen functional groups attached to an aromatic ring is 1. The molecular weight excluding hydrogens is 504 g/mol. The SMILES string of the molecule is Cn1ccnc1CNC(=O)c1cc(NC(=O)c2cc(-c3cccc(N)n3)ccc2Cl)n(-c2ccccc2)n1. The number of nitrogens with one attached hydrogen (secondary N) is 2. The van der Waals surface area contributed by atoms with Gasteiger partial charge in [0.2, 0.25) is 0 Å². The molecule has 0 aliphatic carbocycles. The number of pyridine rings is 1. The molecule has 3 heterocycles. The lowest BCUT2D eigenvalue weighted by Gasteiger charge is -2.11. The number of anilines is 2. The summed E-state index contributed by atoms with van der Waals surface area (Å²) in [6.45, 7) is 0.225. The molecular formula is C27H23ClN8O2. The zero-order valence-corrected chi connectivity index (χ0v) is 21.1. The number of halogens is 1. The van der Waals surface area contributed by atoms with Crippen LogP contribution < -0.4 is 16.4 Å². The molecule has 2 aromatic carbocycles. The van der Waals surface area contributed by atoms with Crippen LogP contribution in [0.1, 0.15) is 26.7 Å². The second-order valence-corrected chi connectivity index (χ2v) is 8.80. The number of para-hydroxylation sites is 1. The van der Waals surface area contributed by atoms with E-state index in [0.717, 1.165) is 0 Å². The number of benzene rings is 2. The monoisotopic (exact) mass is 526 g/mol. The third-order valence-corrected chi connectivity index (χ3v) is 6.12. The normalized spacial score (nSPS) is 10.8. The number of nitrogens with two attached hydrogens (primary N) is 1. The molecule has 0 bridgehead atoms. The van der Waals surface area contributed by atoms with E-state index in [2.05, 4.69) is 25.7 Å². The summed E-state index contributed by atoms with van der Waals surface area (Å²) < 4.78 is 3.30. The Hall–Kier alpha value is -4.96. The summed E-state index contributed by atoms with van der Waals surface area (Å²) in [7, 11) is 1.84. The van der Waals surface area contributed by atoms with Crippen molar-refractivity contribution >= 4 is 35.1 Å². The summed E-state index contributed by atoms with van der Waals surface area (Å²) >= 11 is 6.39. The molecule has 190 valence electrons. The first-order valence-electron chi connectivity index (χ1n) is 11.6. The van der Waals surface area contributed by atoms with Crippen LogP contribution in [0.25, 0.3) is 16.9 Å². The number of nitrogens with zero attached hydrogens (tertiary/aromatic N) is 5. The van der Waals surface area contributed by atoms with E-state index in [0.29, 0.717) is 34.4 Å². The lowest BCUT2D eigenvalue weighted by Crippen LogP contribution is -2.24. The van der Waals surface area contributed by atoms with Crippen molar-refractivity contribution in [2.75, 3.05) is 11.1 Å². The molecule has 5 rings (SSSR count). The van der Waals surface area contributed by atoms with Crippen LogP contribution in [0.5, 0.6) is 0 Å². The van der Waals surface area contributed by atoms with Crippen LogP contribution in [0.15, 0.2) is 85.2 Å². The molecule has 4 N–H and O–H groups in total. The van der Waals surface area contributed by atoms with Crippen LogP contribution in [0.3, 0.4) is 0 Å². The van der Waals surface area contributed by atoms with Crippen molar-refractivity contribution in [2.24, 2.45) is 7.05 Å². The maximum Gasteiger partial charge on any atom is 0.272 e. The molecule has 0 radical (unpaired) electrons. The van der Waals surface area contributed by atoms with Gasteiger partial charge in [0.15, 0.2) is 5.69 Å². The molecule has 2 amide bonds. The van der Waals surface area contributed by atoms with Crippen LogP contribution in [0.4, 0.5) is 11.6 Å². The van der Waals surface area contributed by atoms with E-state index in [1.807, 2.05) is 41.9 Å². The summed E-state index contributed by atoms with van der Waals surface area (Å²) in [5.74, 6) is 0.470. The predicted molar refractivity (Wildman–Crippen MR) is 145 cm³/mol. The Bertz CT molecular complexity index is 1630. The van der Waals surface area contributed by atoms with Gasteiger partial charge < -0.3 is 20.9 Å². The number of hydrogen-bond donors (Lipinski definition) is 3. The van der Waals surface area contributed by atoms with Crippen LogP contribution in [-0.4, -0.2) is 36.1 Å². The Morgan fingerprint density at radius 1 is 1.00 bits per heavy atom. The number of rotatable bonds is 7. The van der Waals surface area contributed by atoms with Crippen molar-refractivity contribution in [3.8, 4) is 16.9 Å². The Balaban J connectivity index is 1.44. The molecule has 0 fully saturated rings. The van der Waals surface area contributed by atoms with Crippen LogP contribution in [-0.2, 0) is 13.6 Å². The third-order valence-electron chi connectivity index (χ3n) is 5.79. The van der Waals surface area contributed by atoms with Gasteiger partial charge >= 0.3 is 0 Å². The molecule has 11 heteroatoms. The van der Waals surface area contributed by atoms with Gasteiger partial charge in [-0.15, -0.1) is 0 Å². The minimum absolute atomic E-state index is 0.127. The summed E-state index contributed by atoms with van der Waals surface area (Å²) in [4.78, 5) is 34.8. The number of aromatic nitrogens is 5. The number of carbonyl (C=O) groups is 2. The fourth-order valence-electron chi connectivity index (χ4n) is 3.82. The minimum Gasteiger partial charge on any atom is -0.384 e. The van der Waals surface area contributed by atoms with Crippen molar-refractivity contribution in [3.05, 3.63) is 107 Å². The standard InChI is InChI=1S/C27H23ClN8O2/c1-35-13-12-30-25(35)16-31-27(38)22-15-24(36(34-22)18-6-3-2-4-7-18)33-26(37)19-14-17(10-11-20(19)28)21-8-5-9-23(29)32-21/h2-15H,16H2,1H3,(H2,29,32)(H,31,38)(H,33,37). The van der Waals surface area contributed by atoms with Gasteiger partial charge in [0.25, 0.3) is 11.8 Å². The lowest BCUT2D eigenvalue weighted by molar-refractivity contribution is 0.0943. The number of imidazole rings is 1. The topological polar surface area (TPSA) is 133 Å². The maximum atomic E-state index is 13.4. The van der Waals surface area contributed by atoms with Crippen molar-refractivity contribution in [3.63, 3.8) is 0 Å². The highest BCUT2D eigenvalue weighted by Crippen LogP contribution is 2.26.